The van der Waals surface area contributed by atoms with Gasteiger partial charge in [-0.1, -0.05) is 36.4 Å². The van der Waals surface area contributed by atoms with Crippen LogP contribution in [0.15, 0.2) is 59.0 Å². The highest BCUT2D eigenvalue weighted by atomic mass is 19.1. The molecule has 3 heteroatoms. The molecule has 0 aliphatic heterocycles. The van der Waals surface area contributed by atoms with E-state index in [2.05, 4.69) is 5.32 Å². The Balaban J connectivity index is 2.09. The molecular weight excluding hydrogens is 241 g/mol. The smallest absolute Gasteiger partial charge is 0.134 e. The molecule has 0 aliphatic carbocycles. The third-order valence-electron chi connectivity index (χ3n) is 3.23. The van der Waals surface area contributed by atoms with Crippen molar-refractivity contribution >= 4 is 11.0 Å². The summed E-state index contributed by atoms with van der Waals surface area (Å²) in [4.78, 5) is 0. The van der Waals surface area contributed by atoms with E-state index in [1.54, 1.807) is 19.2 Å². The maximum Gasteiger partial charge on any atom is 0.134 e. The Bertz CT molecular complexity index is 672. The minimum Gasteiger partial charge on any atom is -0.459 e. The maximum atomic E-state index is 13.9. The molecule has 0 radical (unpaired) electrons. The molecule has 2 aromatic carbocycles. The summed E-state index contributed by atoms with van der Waals surface area (Å²) in [7, 11) is 1.80. The lowest BCUT2D eigenvalue weighted by Gasteiger charge is -2.14. The molecule has 1 atom stereocenters. The average Bonchev–Trinajstić information content (AvgIpc) is 2.85. The average molecular weight is 255 g/mol. The number of hydrogen-bond donors (Lipinski definition) is 1. The number of benzene rings is 2. The van der Waals surface area contributed by atoms with E-state index in [0.717, 1.165) is 11.0 Å². The van der Waals surface area contributed by atoms with Gasteiger partial charge in [-0.25, -0.2) is 4.39 Å². The summed E-state index contributed by atoms with van der Waals surface area (Å²) in [6, 6.07) is 16.2. The molecule has 0 fully saturated rings. The predicted molar refractivity (Wildman–Crippen MR) is 73.5 cm³/mol. The summed E-state index contributed by atoms with van der Waals surface area (Å²) >= 11 is 0. The first-order chi connectivity index (χ1) is 9.29. The van der Waals surface area contributed by atoms with E-state index < -0.39 is 0 Å². The fourth-order valence-electron chi connectivity index (χ4n) is 2.30. The van der Waals surface area contributed by atoms with E-state index >= 15 is 0 Å². The quantitative estimate of drug-likeness (QED) is 0.768. The van der Waals surface area contributed by atoms with Crippen LogP contribution in [0.25, 0.3) is 11.0 Å². The van der Waals surface area contributed by atoms with Gasteiger partial charge in [-0.2, -0.15) is 0 Å². The Morgan fingerprint density at radius 3 is 2.53 bits per heavy atom. The van der Waals surface area contributed by atoms with E-state index in [4.69, 9.17) is 4.42 Å². The molecule has 1 aromatic heterocycles. The van der Waals surface area contributed by atoms with Crippen LogP contribution in [0, 0.1) is 5.82 Å². The second kappa shape index (κ2) is 4.86. The van der Waals surface area contributed by atoms with Crippen LogP contribution in [0.4, 0.5) is 4.39 Å². The SMILES string of the molecule is CNC(c1cc2ccccc2o1)c1ccccc1F. The molecule has 0 amide bonds. The van der Waals surface area contributed by atoms with E-state index in [-0.39, 0.29) is 11.9 Å². The van der Waals surface area contributed by atoms with Crippen LogP contribution in [-0.4, -0.2) is 7.05 Å². The van der Waals surface area contributed by atoms with Crippen molar-refractivity contribution in [3.63, 3.8) is 0 Å². The van der Waals surface area contributed by atoms with Crippen LogP contribution in [0.1, 0.15) is 17.4 Å². The summed E-state index contributed by atoms with van der Waals surface area (Å²) in [5.41, 5.74) is 1.40. The second-order valence-corrected chi connectivity index (χ2v) is 4.43. The van der Waals surface area contributed by atoms with Crippen molar-refractivity contribution in [1.82, 2.24) is 5.32 Å². The van der Waals surface area contributed by atoms with E-state index in [0.29, 0.717) is 11.3 Å². The molecule has 0 saturated heterocycles. The Morgan fingerprint density at radius 1 is 1.05 bits per heavy atom. The molecule has 1 heterocycles. The number of furan rings is 1. The number of nitrogens with one attached hydrogen (secondary N) is 1. The van der Waals surface area contributed by atoms with Gasteiger partial charge in [0.2, 0.25) is 0 Å². The predicted octanol–water partition coefficient (Wildman–Crippen LogP) is 3.88. The van der Waals surface area contributed by atoms with Crippen LogP contribution in [-0.2, 0) is 0 Å². The number of hydrogen-bond acceptors (Lipinski definition) is 2. The summed E-state index contributed by atoms with van der Waals surface area (Å²) in [5, 5.41) is 4.12. The highest BCUT2D eigenvalue weighted by Crippen LogP contribution is 2.29. The lowest BCUT2D eigenvalue weighted by Crippen LogP contribution is -2.18. The lowest BCUT2D eigenvalue weighted by atomic mass is 10.0. The zero-order valence-corrected chi connectivity index (χ0v) is 10.6. The topological polar surface area (TPSA) is 25.2 Å². The first-order valence-electron chi connectivity index (χ1n) is 6.20. The van der Waals surface area contributed by atoms with Gasteiger partial charge in [0.05, 0.1) is 6.04 Å². The third-order valence-corrected chi connectivity index (χ3v) is 3.23. The zero-order valence-electron chi connectivity index (χ0n) is 10.6. The summed E-state index contributed by atoms with van der Waals surface area (Å²) in [6.45, 7) is 0. The maximum absolute atomic E-state index is 13.9. The Hall–Kier alpha value is -2.13. The van der Waals surface area contributed by atoms with Crippen LogP contribution < -0.4 is 5.32 Å². The highest BCUT2D eigenvalue weighted by molar-refractivity contribution is 5.77. The van der Waals surface area contributed by atoms with Gasteiger partial charge in [-0.05, 0) is 25.2 Å². The van der Waals surface area contributed by atoms with Crippen molar-refractivity contribution in [1.29, 1.82) is 0 Å². The number of rotatable bonds is 3. The van der Waals surface area contributed by atoms with Gasteiger partial charge in [0.15, 0.2) is 0 Å². The largest absolute Gasteiger partial charge is 0.459 e. The molecule has 2 nitrogen and oxygen atoms in total. The van der Waals surface area contributed by atoms with Crippen molar-refractivity contribution in [2.24, 2.45) is 0 Å². The molecule has 3 aromatic rings. The van der Waals surface area contributed by atoms with Gasteiger partial charge < -0.3 is 9.73 Å². The first-order valence-corrected chi connectivity index (χ1v) is 6.20. The zero-order chi connectivity index (χ0) is 13.2. The fraction of sp³-hybridized carbons (Fsp3) is 0.125. The number of para-hydroxylation sites is 1. The van der Waals surface area contributed by atoms with Gasteiger partial charge in [0.1, 0.15) is 17.2 Å². The Morgan fingerprint density at radius 2 is 1.79 bits per heavy atom. The van der Waals surface area contributed by atoms with Crippen molar-refractivity contribution < 1.29 is 8.81 Å². The van der Waals surface area contributed by atoms with Gasteiger partial charge in [-0.15, -0.1) is 0 Å². The van der Waals surface area contributed by atoms with Crippen LogP contribution in [0.2, 0.25) is 0 Å². The molecule has 1 unspecified atom stereocenters. The van der Waals surface area contributed by atoms with Gasteiger partial charge in [-0.3, -0.25) is 0 Å². The van der Waals surface area contributed by atoms with Crippen molar-refractivity contribution in [2.45, 2.75) is 6.04 Å². The van der Waals surface area contributed by atoms with E-state index in [1.165, 1.54) is 6.07 Å². The molecule has 0 saturated carbocycles. The van der Waals surface area contributed by atoms with E-state index in [1.807, 2.05) is 36.4 Å². The summed E-state index contributed by atoms with van der Waals surface area (Å²) in [6.07, 6.45) is 0. The van der Waals surface area contributed by atoms with Gasteiger partial charge in [0, 0.05) is 10.9 Å². The summed E-state index contributed by atoms with van der Waals surface area (Å²) in [5.74, 6) is 0.483. The molecular formula is C16H14FNO. The van der Waals surface area contributed by atoms with Crippen molar-refractivity contribution in [3.8, 4) is 0 Å². The van der Waals surface area contributed by atoms with Crippen LogP contribution >= 0.6 is 0 Å². The minimum absolute atomic E-state index is 0.234. The fourth-order valence-corrected chi connectivity index (χ4v) is 2.30. The van der Waals surface area contributed by atoms with Crippen molar-refractivity contribution in [2.75, 3.05) is 7.05 Å². The number of halogens is 1. The van der Waals surface area contributed by atoms with Gasteiger partial charge >= 0.3 is 0 Å². The highest BCUT2D eigenvalue weighted by Gasteiger charge is 2.19. The molecule has 1 N–H and O–H groups in total. The van der Waals surface area contributed by atoms with Crippen LogP contribution in [0.5, 0.6) is 0 Å². The normalized spacial score (nSPS) is 12.7. The van der Waals surface area contributed by atoms with Crippen LogP contribution in [0.3, 0.4) is 0 Å². The van der Waals surface area contributed by atoms with E-state index in [9.17, 15) is 4.39 Å². The number of fused-ring (bicyclic) bond motifs is 1. The molecule has 19 heavy (non-hydrogen) atoms. The molecule has 0 aliphatic rings. The monoisotopic (exact) mass is 255 g/mol. The molecule has 0 bridgehead atoms. The second-order valence-electron chi connectivity index (χ2n) is 4.43. The third kappa shape index (κ3) is 2.13. The summed E-state index contributed by atoms with van der Waals surface area (Å²) < 4.78 is 19.7. The standard InChI is InChI=1S/C16H14FNO/c1-18-16(12-7-3-4-8-13(12)17)15-10-11-6-2-5-9-14(11)19-15/h2-10,16,18H,1H3. The van der Waals surface area contributed by atoms with Crippen molar-refractivity contribution in [3.05, 3.63) is 71.7 Å². The van der Waals surface area contributed by atoms with Gasteiger partial charge in [0.25, 0.3) is 0 Å². The molecule has 0 spiro atoms. The first kappa shape index (κ1) is 11.9. The Kier molecular flexibility index (Phi) is 3.05. The molecule has 96 valence electrons. The lowest BCUT2D eigenvalue weighted by molar-refractivity contribution is 0.476. The Labute approximate surface area is 110 Å². The minimum atomic E-state index is -0.284. The molecule has 3 rings (SSSR count).